The van der Waals surface area contributed by atoms with Gasteiger partial charge in [0.2, 0.25) is 0 Å². The van der Waals surface area contributed by atoms with Gasteiger partial charge in [0.15, 0.2) is 0 Å². The Labute approximate surface area is 176 Å². The van der Waals surface area contributed by atoms with Crippen LogP contribution >= 0.6 is 12.4 Å². The topological polar surface area (TPSA) is 73.5 Å². The molecule has 1 aliphatic rings. The number of hydrogen-bond acceptors (Lipinski definition) is 3. The summed E-state index contributed by atoms with van der Waals surface area (Å²) in [4.78, 5) is 26.8. The third-order valence-corrected chi connectivity index (χ3v) is 4.52. The van der Waals surface area contributed by atoms with Crippen LogP contribution in [-0.4, -0.2) is 42.5 Å². The van der Waals surface area contributed by atoms with Gasteiger partial charge in [-0.3, -0.25) is 4.79 Å². The van der Waals surface area contributed by atoms with Gasteiger partial charge in [0.05, 0.1) is 6.04 Å². The minimum absolute atomic E-state index is 0. The quantitative estimate of drug-likeness (QED) is 0.708. The summed E-state index contributed by atoms with van der Waals surface area (Å²) in [6, 6.07) is 12.6. The summed E-state index contributed by atoms with van der Waals surface area (Å²) < 4.78 is 13.7. The van der Waals surface area contributed by atoms with Crippen LogP contribution in [-0.2, 0) is 0 Å². The van der Waals surface area contributed by atoms with Crippen molar-refractivity contribution in [3.8, 4) is 0 Å². The Bertz CT molecular complexity index is 862. The number of piperazine rings is 1. The molecule has 1 aliphatic heterocycles. The molecule has 3 rings (SSSR count). The zero-order valence-electron chi connectivity index (χ0n) is 16.4. The standard InChI is InChI=1S/C21H25FN4O2.ClH/c1-14(2)24-21(28)25-18-8-4-6-16(12-18)20(27)26-10-9-23-13-19(26)15-5-3-7-17(22)11-15;/h3-8,11-12,14,19,23H,9-10,13H2,1-2H3,(H2,24,25,28);1H. The lowest BCUT2D eigenvalue weighted by molar-refractivity contribution is 0.0634. The molecule has 1 heterocycles. The molecule has 1 fully saturated rings. The van der Waals surface area contributed by atoms with Gasteiger partial charge < -0.3 is 20.9 Å². The third-order valence-electron chi connectivity index (χ3n) is 4.52. The Morgan fingerprint density at radius 1 is 1.17 bits per heavy atom. The number of urea groups is 1. The maximum atomic E-state index is 13.7. The summed E-state index contributed by atoms with van der Waals surface area (Å²) in [5, 5.41) is 8.75. The Morgan fingerprint density at radius 2 is 1.93 bits per heavy atom. The average Bonchev–Trinajstić information content (AvgIpc) is 2.67. The first kappa shape index (κ1) is 22.6. The monoisotopic (exact) mass is 420 g/mol. The van der Waals surface area contributed by atoms with E-state index >= 15 is 0 Å². The van der Waals surface area contributed by atoms with Crippen LogP contribution < -0.4 is 16.0 Å². The van der Waals surface area contributed by atoms with Crippen molar-refractivity contribution in [3.63, 3.8) is 0 Å². The Kier molecular flexibility index (Phi) is 7.99. The van der Waals surface area contributed by atoms with Crippen molar-refractivity contribution in [1.82, 2.24) is 15.5 Å². The van der Waals surface area contributed by atoms with Gasteiger partial charge in [-0.2, -0.15) is 0 Å². The normalized spacial score (nSPS) is 16.1. The lowest BCUT2D eigenvalue weighted by atomic mass is 10.0. The zero-order valence-corrected chi connectivity index (χ0v) is 17.3. The molecule has 1 saturated heterocycles. The van der Waals surface area contributed by atoms with Crippen LogP contribution in [0.2, 0.25) is 0 Å². The molecule has 0 spiro atoms. The lowest BCUT2D eigenvalue weighted by Gasteiger charge is -2.36. The highest BCUT2D eigenvalue weighted by atomic mass is 35.5. The second-order valence-electron chi connectivity index (χ2n) is 7.11. The maximum absolute atomic E-state index is 13.7. The van der Waals surface area contributed by atoms with E-state index < -0.39 is 0 Å². The molecule has 0 bridgehead atoms. The van der Waals surface area contributed by atoms with E-state index in [9.17, 15) is 14.0 Å². The van der Waals surface area contributed by atoms with Crippen molar-refractivity contribution in [2.24, 2.45) is 0 Å². The van der Waals surface area contributed by atoms with Crippen molar-refractivity contribution in [2.75, 3.05) is 25.0 Å². The minimum atomic E-state index is -0.321. The second-order valence-corrected chi connectivity index (χ2v) is 7.11. The van der Waals surface area contributed by atoms with E-state index in [4.69, 9.17) is 0 Å². The summed E-state index contributed by atoms with van der Waals surface area (Å²) in [6.07, 6.45) is 0. The number of rotatable bonds is 4. The fraction of sp³-hybridized carbons (Fsp3) is 0.333. The van der Waals surface area contributed by atoms with Crippen LogP contribution in [0.3, 0.4) is 0 Å². The minimum Gasteiger partial charge on any atom is -0.336 e. The van der Waals surface area contributed by atoms with Gasteiger partial charge in [-0.15, -0.1) is 12.4 Å². The van der Waals surface area contributed by atoms with Crippen molar-refractivity contribution >= 4 is 30.0 Å². The van der Waals surface area contributed by atoms with Crippen molar-refractivity contribution in [3.05, 3.63) is 65.5 Å². The predicted octanol–water partition coefficient (Wildman–Crippen LogP) is 3.56. The lowest BCUT2D eigenvalue weighted by Crippen LogP contribution is -2.48. The summed E-state index contributed by atoms with van der Waals surface area (Å²) >= 11 is 0. The van der Waals surface area contributed by atoms with Gasteiger partial charge in [-0.25, -0.2) is 9.18 Å². The van der Waals surface area contributed by atoms with Gasteiger partial charge in [0.25, 0.3) is 5.91 Å². The van der Waals surface area contributed by atoms with E-state index in [0.717, 1.165) is 5.56 Å². The van der Waals surface area contributed by atoms with Gasteiger partial charge in [-0.1, -0.05) is 18.2 Å². The van der Waals surface area contributed by atoms with E-state index in [1.807, 2.05) is 19.9 Å². The van der Waals surface area contributed by atoms with Crippen molar-refractivity contribution < 1.29 is 14.0 Å². The number of halogens is 2. The maximum Gasteiger partial charge on any atom is 0.319 e. The molecule has 3 N–H and O–H groups in total. The largest absolute Gasteiger partial charge is 0.336 e. The molecule has 1 atom stereocenters. The fourth-order valence-corrected chi connectivity index (χ4v) is 3.28. The highest BCUT2D eigenvalue weighted by Crippen LogP contribution is 2.25. The number of anilines is 1. The fourth-order valence-electron chi connectivity index (χ4n) is 3.28. The number of carbonyl (C=O) groups excluding carboxylic acids is 2. The molecule has 1 unspecified atom stereocenters. The van der Waals surface area contributed by atoms with Crippen LogP contribution in [0.15, 0.2) is 48.5 Å². The molecule has 156 valence electrons. The first-order valence-corrected chi connectivity index (χ1v) is 9.39. The highest BCUT2D eigenvalue weighted by molar-refractivity contribution is 5.97. The molecule has 8 heteroatoms. The third kappa shape index (κ3) is 5.92. The number of nitrogens with one attached hydrogen (secondary N) is 3. The van der Waals surface area contributed by atoms with Gasteiger partial charge in [-0.05, 0) is 49.7 Å². The van der Waals surface area contributed by atoms with Gasteiger partial charge >= 0.3 is 6.03 Å². The van der Waals surface area contributed by atoms with Crippen molar-refractivity contribution in [2.45, 2.75) is 25.9 Å². The summed E-state index contributed by atoms with van der Waals surface area (Å²) in [7, 11) is 0. The second kappa shape index (κ2) is 10.2. The molecule has 29 heavy (non-hydrogen) atoms. The Balaban J connectivity index is 0.00000300. The first-order chi connectivity index (χ1) is 13.4. The summed E-state index contributed by atoms with van der Waals surface area (Å²) in [5.74, 6) is -0.471. The van der Waals surface area contributed by atoms with E-state index in [0.29, 0.717) is 30.9 Å². The molecule has 6 nitrogen and oxygen atoms in total. The van der Waals surface area contributed by atoms with Crippen LogP contribution in [0.25, 0.3) is 0 Å². The summed E-state index contributed by atoms with van der Waals surface area (Å²) in [5.41, 5.74) is 1.78. The average molecular weight is 421 g/mol. The zero-order chi connectivity index (χ0) is 20.1. The van der Waals surface area contributed by atoms with Crippen LogP contribution in [0.1, 0.15) is 35.8 Å². The molecular weight excluding hydrogens is 395 g/mol. The van der Waals surface area contributed by atoms with E-state index in [2.05, 4.69) is 16.0 Å². The van der Waals surface area contributed by atoms with Gasteiger partial charge in [0, 0.05) is 36.9 Å². The van der Waals surface area contributed by atoms with Crippen LogP contribution in [0, 0.1) is 5.82 Å². The summed E-state index contributed by atoms with van der Waals surface area (Å²) in [6.45, 7) is 5.49. The van der Waals surface area contributed by atoms with Crippen LogP contribution in [0.5, 0.6) is 0 Å². The van der Waals surface area contributed by atoms with E-state index in [1.165, 1.54) is 12.1 Å². The molecule has 3 amide bonds. The number of amides is 3. The van der Waals surface area contributed by atoms with Gasteiger partial charge in [0.1, 0.15) is 5.82 Å². The SMILES string of the molecule is CC(C)NC(=O)Nc1cccc(C(=O)N2CCNCC2c2cccc(F)c2)c1.Cl. The molecule has 0 radical (unpaired) electrons. The molecule has 2 aromatic carbocycles. The Morgan fingerprint density at radius 3 is 2.66 bits per heavy atom. The predicted molar refractivity (Wildman–Crippen MR) is 114 cm³/mol. The molecular formula is C21H26ClFN4O2. The smallest absolute Gasteiger partial charge is 0.319 e. The molecule has 0 aromatic heterocycles. The van der Waals surface area contributed by atoms with E-state index in [1.54, 1.807) is 35.2 Å². The first-order valence-electron chi connectivity index (χ1n) is 9.39. The number of carbonyl (C=O) groups is 2. The molecule has 0 saturated carbocycles. The number of nitrogens with zero attached hydrogens (tertiary/aromatic N) is 1. The van der Waals surface area contributed by atoms with E-state index in [-0.39, 0.29) is 42.2 Å². The highest BCUT2D eigenvalue weighted by Gasteiger charge is 2.29. The number of hydrogen-bond donors (Lipinski definition) is 3. The van der Waals surface area contributed by atoms with Crippen LogP contribution in [0.4, 0.5) is 14.9 Å². The number of benzene rings is 2. The van der Waals surface area contributed by atoms with Crippen molar-refractivity contribution in [1.29, 1.82) is 0 Å². The Hall–Kier alpha value is -2.64. The molecule has 0 aliphatic carbocycles. The molecule has 2 aromatic rings.